The first-order valence-corrected chi connectivity index (χ1v) is 5.53. The fraction of sp³-hybridized carbons (Fsp3) is 0.429. The summed E-state index contributed by atoms with van der Waals surface area (Å²) in [5.74, 6) is -1.14. The lowest BCUT2D eigenvalue weighted by Crippen LogP contribution is -2.15. The smallest absolute Gasteiger partial charge is 0.435 e. The first kappa shape index (κ1) is 13.5. The van der Waals surface area contributed by atoms with E-state index in [1.54, 1.807) is 0 Å². The van der Waals surface area contributed by atoms with Gasteiger partial charge < -0.3 is 4.74 Å². The highest BCUT2D eigenvalue weighted by Crippen LogP contribution is 2.32. The summed E-state index contributed by atoms with van der Waals surface area (Å²) in [6, 6.07) is 0. The Morgan fingerprint density at radius 2 is 2.19 bits per heavy atom. The van der Waals surface area contributed by atoms with E-state index in [0.717, 1.165) is 5.51 Å². The van der Waals surface area contributed by atoms with Crippen LogP contribution in [0, 0.1) is 0 Å². The van der Waals surface area contributed by atoms with Crippen molar-refractivity contribution < 1.29 is 22.7 Å². The van der Waals surface area contributed by atoms with Crippen LogP contribution in [-0.4, -0.2) is 22.4 Å². The molecule has 0 radical (unpaired) electrons. The van der Waals surface area contributed by atoms with Gasteiger partial charge in [-0.25, -0.2) is 9.78 Å². The summed E-state index contributed by atoms with van der Waals surface area (Å²) in [6.07, 6.45) is -4.68. The summed E-state index contributed by atoms with van der Waals surface area (Å²) in [7, 11) is 0. The summed E-state index contributed by atoms with van der Waals surface area (Å²) in [4.78, 5) is 12.7. The summed E-state index contributed by atoms with van der Waals surface area (Å²) in [5, 5.41) is 0. The number of nitrogens with zero attached hydrogens (tertiary/aromatic N) is 1. The van der Waals surface area contributed by atoms with Gasteiger partial charge in [-0.2, -0.15) is 13.2 Å². The monoisotopic (exact) mass is 293 g/mol. The van der Waals surface area contributed by atoms with Crippen LogP contribution in [0.5, 0.6) is 0 Å². The van der Waals surface area contributed by atoms with E-state index in [1.165, 1.54) is 0 Å². The minimum Gasteiger partial charge on any atom is -0.459 e. The van der Waals surface area contributed by atoms with Crippen LogP contribution >= 0.6 is 34.5 Å². The van der Waals surface area contributed by atoms with Gasteiger partial charge in [0, 0.05) is 0 Å². The van der Waals surface area contributed by atoms with Crippen LogP contribution in [-0.2, 0) is 10.9 Å². The summed E-state index contributed by atoms with van der Waals surface area (Å²) < 4.78 is 41.4. The van der Waals surface area contributed by atoms with Gasteiger partial charge in [-0.05, 0) is 0 Å². The zero-order valence-corrected chi connectivity index (χ0v) is 9.75. The predicted molar refractivity (Wildman–Crippen MR) is 52.9 cm³/mol. The molecule has 0 unspecified atom stereocenters. The zero-order valence-electron chi connectivity index (χ0n) is 7.42. The first-order valence-electron chi connectivity index (χ1n) is 3.78. The number of carbonyl (C=O) groups is 1. The first-order chi connectivity index (χ1) is 7.32. The molecule has 0 aliphatic carbocycles. The van der Waals surface area contributed by atoms with Gasteiger partial charge in [0.1, 0.15) is 16.3 Å². The number of thiazole rings is 1. The molecule has 3 nitrogen and oxygen atoms in total. The van der Waals surface area contributed by atoms with Crippen molar-refractivity contribution in [2.75, 3.05) is 6.61 Å². The van der Waals surface area contributed by atoms with Crippen molar-refractivity contribution in [3.05, 3.63) is 16.1 Å². The SMILES string of the molecule is O=C(OCC(Cl)Cl)c1scnc1C(F)(F)F. The number of hydrogen-bond acceptors (Lipinski definition) is 4. The van der Waals surface area contributed by atoms with Crippen LogP contribution < -0.4 is 0 Å². The zero-order chi connectivity index (χ0) is 12.3. The van der Waals surface area contributed by atoms with Gasteiger partial charge in [0.15, 0.2) is 5.69 Å². The molecule has 0 aliphatic rings. The fourth-order valence-electron chi connectivity index (χ4n) is 0.797. The van der Waals surface area contributed by atoms with Crippen molar-refractivity contribution >= 4 is 40.5 Å². The highest BCUT2D eigenvalue weighted by Gasteiger charge is 2.38. The van der Waals surface area contributed by atoms with Crippen molar-refractivity contribution in [3.63, 3.8) is 0 Å². The van der Waals surface area contributed by atoms with Crippen LogP contribution in [0.3, 0.4) is 0 Å². The molecule has 1 rings (SSSR count). The molecule has 0 aliphatic heterocycles. The third-order valence-corrected chi connectivity index (χ3v) is 2.42. The van der Waals surface area contributed by atoms with E-state index in [-0.39, 0.29) is 6.61 Å². The second-order valence-corrected chi connectivity index (χ2v) is 4.65. The Bertz CT molecular complexity index is 380. The van der Waals surface area contributed by atoms with Crippen molar-refractivity contribution in [2.45, 2.75) is 11.0 Å². The van der Waals surface area contributed by atoms with Gasteiger partial charge in [-0.3, -0.25) is 0 Å². The maximum atomic E-state index is 12.3. The average molecular weight is 294 g/mol. The molecule has 1 aromatic heterocycles. The molecule has 1 aromatic rings. The maximum Gasteiger partial charge on any atom is 0.435 e. The van der Waals surface area contributed by atoms with Crippen LogP contribution in [0.25, 0.3) is 0 Å². The molecule has 9 heteroatoms. The van der Waals surface area contributed by atoms with Gasteiger partial charge in [-0.15, -0.1) is 34.5 Å². The average Bonchev–Trinajstić information content (AvgIpc) is 2.61. The molecule has 0 saturated carbocycles. The Balaban J connectivity index is 2.81. The van der Waals surface area contributed by atoms with Gasteiger partial charge in [-0.1, -0.05) is 0 Å². The fourth-order valence-corrected chi connectivity index (χ4v) is 1.62. The number of halogens is 5. The highest BCUT2D eigenvalue weighted by atomic mass is 35.5. The number of ether oxygens (including phenoxy) is 1. The molecule has 0 aromatic carbocycles. The number of hydrogen-bond donors (Lipinski definition) is 0. The molecule has 16 heavy (non-hydrogen) atoms. The number of carbonyl (C=O) groups excluding carboxylic acids is 1. The Morgan fingerprint density at radius 3 is 2.69 bits per heavy atom. The minimum atomic E-state index is -4.68. The molecule has 0 atom stereocenters. The molecular formula is C7H4Cl2F3NO2S. The van der Waals surface area contributed by atoms with Gasteiger partial charge in [0.05, 0.1) is 5.51 Å². The standard InChI is InChI=1S/C7H4Cl2F3NO2S/c8-3(9)1-15-6(14)4-5(7(10,11)12)13-2-16-4/h2-3H,1H2. The summed E-state index contributed by atoms with van der Waals surface area (Å²) in [6.45, 7) is -0.378. The second kappa shape index (κ2) is 5.20. The van der Waals surface area contributed by atoms with Crippen LogP contribution in [0.1, 0.15) is 15.4 Å². The van der Waals surface area contributed by atoms with E-state index < -0.39 is 27.6 Å². The number of rotatable bonds is 3. The normalized spacial score (nSPS) is 11.9. The Kier molecular flexibility index (Phi) is 4.40. The van der Waals surface area contributed by atoms with Gasteiger partial charge >= 0.3 is 12.1 Å². The molecular weight excluding hydrogens is 290 g/mol. The molecule has 0 bridgehead atoms. The number of esters is 1. The molecule has 0 amide bonds. The molecule has 0 fully saturated rings. The molecule has 0 N–H and O–H groups in total. The largest absolute Gasteiger partial charge is 0.459 e. The topological polar surface area (TPSA) is 39.2 Å². The van der Waals surface area contributed by atoms with Crippen molar-refractivity contribution in [1.82, 2.24) is 4.98 Å². The van der Waals surface area contributed by atoms with E-state index in [9.17, 15) is 18.0 Å². The lowest BCUT2D eigenvalue weighted by Gasteiger charge is -2.06. The maximum absolute atomic E-state index is 12.3. The Morgan fingerprint density at radius 1 is 1.56 bits per heavy atom. The van der Waals surface area contributed by atoms with E-state index in [0.29, 0.717) is 11.3 Å². The van der Waals surface area contributed by atoms with Crippen molar-refractivity contribution in [1.29, 1.82) is 0 Å². The number of aromatic nitrogens is 1. The number of alkyl halides is 5. The lowest BCUT2D eigenvalue weighted by atomic mass is 10.3. The molecule has 90 valence electrons. The Labute approximate surface area is 102 Å². The van der Waals surface area contributed by atoms with E-state index in [1.807, 2.05) is 0 Å². The van der Waals surface area contributed by atoms with Crippen LogP contribution in [0.4, 0.5) is 13.2 Å². The molecule has 1 heterocycles. The second-order valence-electron chi connectivity index (χ2n) is 2.52. The van der Waals surface area contributed by atoms with Gasteiger partial charge in [0.25, 0.3) is 0 Å². The van der Waals surface area contributed by atoms with Crippen molar-refractivity contribution in [3.8, 4) is 0 Å². The predicted octanol–water partition coefficient (Wildman–Crippen LogP) is 3.12. The summed E-state index contributed by atoms with van der Waals surface area (Å²) >= 11 is 11.1. The van der Waals surface area contributed by atoms with Crippen molar-refractivity contribution in [2.24, 2.45) is 0 Å². The molecule has 0 spiro atoms. The van der Waals surface area contributed by atoms with Crippen LogP contribution in [0.2, 0.25) is 0 Å². The highest BCUT2D eigenvalue weighted by molar-refractivity contribution is 7.11. The van der Waals surface area contributed by atoms with Crippen LogP contribution in [0.15, 0.2) is 5.51 Å². The van der Waals surface area contributed by atoms with E-state index in [4.69, 9.17) is 23.2 Å². The minimum absolute atomic E-state index is 0.378. The van der Waals surface area contributed by atoms with Gasteiger partial charge in [0.2, 0.25) is 0 Å². The quantitative estimate of drug-likeness (QED) is 0.635. The van der Waals surface area contributed by atoms with E-state index >= 15 is 0 Å². The summed E-state index contributed by atoms with van der Waals surface area (Å²) in [5.41, 5.74) is -0.346. The third-order valence-electron chi connectivity index (χ3n) is 1.36. The lowest BCUT2D eigenvalue weighted by molar-refractivity contribution is -0.141. The molecule has 0 saturated heterocycles. The Hall–Kier alpha value is -0.530. The van der Waals surface area contributed by atoms with E-state index in [2.05, 4.69) is 9.72 Å². The third kappa shape index (κ3) is 3.50.